The van der Waals surface area contributed by atoms with Crippen molar-refractivity contribution in [1.82, 2.24) is 0 Å². The molecule has 2 rings (SSSR count). The smallest absolute Gasteiger partial charge is 0.256 e. The number of anilines is 1. The van der Waals surface area contributed by atoms with E-state index < -0.39 is 5.82 Å². The molecule has 0 atom stereocenters. The van der Waals surface area contributed by atoms with Gasteiger partial charge in [0.1, 0.15) is 5.82 Å². The Bertz CT molecular complexity index is 611. The summed E-state index contributed by atoms with van der Waals surface area (Å²) in [6.07, 6.45) is 0. The van der Waals surface area contributed by atoms with Crippen LogP contribution in [0.2, 0.25) is 0 Å². The summed E-state index contributed by atoms with van der Waals surface area (Å²) in [6.45, 7) is 2.10. The van der Waals surface area contributed by atoms with Crippen molar-refractivity contribution in [3.8, 4) is 0 Å². The maximum atomic E-state index is 13.2. The molecule has 2 aromatic rings. The Morgan fingerprint density at radius 1 is 1.26 bits per heavy atom. The average Bonchev–Trinajstić information content (AvgIpc) is 2.42. The Balaban J connectivity index is 2.28. The van der Waals surface area contributed by atoms with E-state index in [1.165, 1.54) is 12.1 Å². The highest BCUT2D eigenvalue weighted by molar-refractivity contribution is 6.05. The molecule has 1 amide bonds. The number of hydrogen-bond acceptors (Lipinski definition) is 2. The first-order valence-corrected chi connectivity index (χ1v) is 5.97. The molecule has 0 fully saturated rings. The molecular weight excluding hydrogens is 243 g/mol. The maximum absolute atomic E-state index is 13.2. The first-order valence-electron chi connectivity index (χ1n) is 5.97. The van der Waals surface area contributed by atoms with Crippen LogP contribution in [0.3, 0.4) is 0 Å². The molecule has 0 aliphatic carbocycles. The Labute approximate surface area is 111 Å². The van der Waals surface area contributed by atoms with Gasteiger partial charge in [0, 0.05) is 17.8 Å². The van der Waals surface area contributed by atoms with Crippen LogP contribution in [0.4, 0.5) is 10.1 Å². The van der Waals surface area contributed by atoms with Crippen LogP contribution in [-0.2, 0) is 6.54 Å². The minimum Gasteiger partial charge on any atom is -0.326 e. The predicted octanol–water partition coefficient (Wildman–Crippen LogP) is 2.85. The van der Waals surface area contributed by atoms with Gasteiger partial charge in [0.2, 0.25) is 0 Å². The molecule has 98 valence electrons. The number of para-hydroxylation sites is 1. The van der Waals surface area contributed by atoms with Crippen LogP contribution in [0.5, 0.6) is 0 Å². The minimum atomic E-state index is -0.428. The van der Waals surface area contributed by atoms with Crippen LogP contribution in [0.25, 0.3) is 0 Å². The van der Waals surface area contributed by atoms with Crippen LogP contribution in [-0.4, -0.2) is 5.91 Å². The molecule has 0 aliphatic heterocycles. The summed E-state index contributed by atoms with van der Waals surface area (Å²) in [7, 11) is 0. The Morgan fingerprint density at radius 3 is 2.74 bits per heavy atom. The Kier molecular flexibility index (Phi) is 3.92. The second-order valence-corrected chi connectivity index (χ2v) is 4.27. The molecule has 0 radical (unpaired) electrons. The lowest BCUT2D eigenvalue weighted by Gasteiger charge is -2.11. The molecule has 0 unspecified atom stereocenters. The first kappa shape index (κ1) is 13.2. The Morgan fingerprint density at radius 2 is 2.00 bits per heavy atom. The summed E-state index contributed by atoms with van der Waals surface area (Å²) in [5, 5.41) is 2.76. The number of hydrogen-bond donors (Lipinski definition) is 2. The highest BCUT2D eigenvalue weighted by Crippen LogP contribution is 2.17. The number of carbonyl (C=O) groups excluding carboxylic acids is 1. The van der Waals surface area contributed by atoms with Crippen molar-refractivity contribution >= 4 is 11.6 Å². The molecular formula is C15H15FN2O. The standard InChI is InChI=1S/C15H15FN2O/c1-10-6-7-12(16)8-13(10)15(19)18-14-5-3-2-4-11(14)9-17/h2-8H,9,17H2,1H3,(H,18,19). The molecule has 19 heavy (non-hydrogen) atoms. The van der Waals surface area contributed by atoms with Gasteiger partial charge < -0.3 is 11.1 Å². The summed E-state index contributed by atoms with van der Waals surface area (Å²) < 4.78 is 13.2. The number of nitrogens with one attached hydrogen (secondary N) is 1. The van der Waals surface area contributed by atoms with Gasteiger partial charge in [0.25, 0.3) is 5.91 Å². The minimum absolute atomic E-state index is 0.326. The summed E-state index contributed by atoms with van der Waals surface area (Å²) in [5.74, 6) is -0.763. The average molecular weight is 258 g/mol. The van der Waals surface area contributed by atoms with Crippen molar-refractivity contribution < 1.29 is 9.18 Å². The van der Waals surface area contributed by atoms with E-state index in [0.717, 1.165) is 11.1 Å². The van der Waals surface area contributed by atoms with E-state index in [4.69, 9.17) is 5.73 Å². The highest BCUT2D eigenvalue weighted by atomic mass is 19.1. The summed E-state index contributed by atoms with van der Waals surface area (Å²) in [4.78, 5) is 12.1. The van der Waals surface area contributed by atoms with Gasteiger partial charge in [-0.2, -0.15) is 0 Å². The zero-order valence-corrected chi connectivity index (χ0v) is 10.6. The molecule has 3 N–H and O–H groups in total. The number of carbonyl (C=O) groups is 1. The van der Waals surface area contributed by atoms with Gasteiger partial charge in [0.15, 0.2) is 0 Å². The fourth-order valence-electron chi connectivity index (χ4n) is 1.85. The molecule has 0 spiro atoms. The number of nitrogens with two attached hydrogens (primary N) is 1. The normalized spacial score (nSPS) is 10.3. The van der Waals surface area contributed by atoms with Gasteiger partial charge in [-0.25, -0.2) is 4.39 Å². The van der Waals surface area contributed by atoms with E-state index in [0.29, 0.717) is 17.8 Å². The third kappa shape index (κ3) is 2.98. The number of aryl methyl sites for hydroxylation is 1. The van der Waals surface area contributed by atoms with Crippen molar-refractivity contribution in [3.63, 3.8) is 0 Å². The van der Waals surface area contributed by atoms with Crippen molar-refractivity contribution in [2.24, 2.45) is 5.73 Å². The predicted molar refractivity (Wildman–Crippen MR) is 73.4 cm³/mol. The third-order valence-electron chi connectivity index (χ3n) is 2.93. The van der Waals surface area contributed by atoms with Crippen molar-refractivity contribution in [3.05, 3.63) is 65.0 Å². The fraction of sp³-hybridized carbons (Fsp3) is 0.133. The number of benzene rings is 2. The monoisotopic (exact) mass is 258 g/mol. The van der Waals surface area contributed by atoms with Crippen molar-refractivity contribution in [2.45, 2.75) is 13.5 Å². The van der Waals surface area contributed by atoms with Gasteiger partial charge in [-0.3, -0.25) is 4.79 Å². The molecule has 0 saturated heterocycles. The van der Waals surface area contributed by atoms with E-state index in [-0.39, 0.29) is 5.91 Å². The number of halogens is 1. The van der Waals surface area contributed by atoms with Gasteiger partial charge in [-0.1, -0.05) is 24.3 Å². The second kappa shape index (κ2) is 5.63. The van der Waals surface area contributed by atoms with Crippen molar-refractivity contribution in [2.75, 3.05) is 5.32 Å². The highest BCUT2D eigenvalue weighted by Gasteiger charge is 2.11. The van der Waals surface area contributed by atoms with E-state index in [2.05, 4.69) is 5.32 Å². The van der Waals surface area contributed by atoms with Crippen LogP contribution < -0.4 is 11.1 Å². The SMILES string of the molecule is Cc1ccc(F)cc1C(=O)Nc1ccccc1CN. The summed E-state index contributed by atoms with van der Waals surface area (Å²) in [6, 6.07) is 11.4. The van der Waals surface area contributed by atoms with Gasteiger partial charge in [0.05, 0.1) is 0 Å². The van der Waals surface area contributed by atoms with Crippen LogP contribution >= 0.6 is 0 Å². The quantitative estimate of drug-likeness (QED) is 0.889. The lowest BCUT2D eigenvalue weighted by molar-refractivity contribution is 0.102. The largest absolute Gasteiger partial charge is 0.326 e. The lowest BCUT2D eigenvalue weighted by Crippen LogP contribution is -2.15. The van der Waals surface area contributed by atoms with Gasteiger partial charge >= 0.3 is 0 Å². The number of amides is 1. The molecule has 0 aliphatic rings. The zero-order chi connectivity index (χ0) is 13.8. The fourth-order valence-corrected chi connectivity index (χ4v) is 1.85. The van der Waals surface area contributed by atoms with Gasteiger partial charge in [-0.05, 0) is 36.2 Å². The molecule has 0 saturated carbocycles. The van der Waals surface area contributed by atoms with E-state index in [9.17, 15) is 9.18 Å². The molecule has 2 aromatic carbocycles. The van der Waals surface area contributed by atoms with E-state index in [1.54, 1.807) is 19.1 Å². The lowest BCUT2D eigenvalue weighted by atomic mass is 10.1. The summed E-state index contributed by atoms with van der Waals surface area (Å²) in [5.41, 5.74) is 8.15. The topological polar surface area (TPSA) is 55.1 Å². The van der Waals surface area contributed by atoms with Crippen LogP contribution in [0.15, 0.2) is 42.5 Å². The Hall–Kier alpha value is -2.20. The first-order chi connectivity index (χ1) is 9.11. The molecule has 0 heterocycles. The molecule has 0 aromatic heterocycles. The van der Waals surface area contributed by atoms with E-state index in [1.807, 2.05) is 18.2 Å². The molecule has 3 nitrogen and oxygen atoms in total. The van der Waals surface area contributed by atoms with Crippen LogP contribution in [0.1, 0.15) is 21.5 Å². The van der Waals surface area contributed by atoms with E-state index >= 15 is 0 Å². The van der Waals surface area contributed by atoms with Gasteiger partial charge in [-0.15, -0.1) is 0 Å². The molecule has 0 bridgehead atoms. The second-order valence-electron chi connectivity index (χ2n) is 4.27. The van der Waals surface area contributed by atoms with Crippen molar-refractivity contribution in [1.29, 1.82) is 0 Å². The molecule has 4 heteroatoms. The van der Waals surface area contributed by atoms with Crippen LogP contribution in [0, 0.1) is 12.7 Å². The third-order valence-corrected chi connectivity index (χ3v) is 2.93. The zero-order valence-electron chi connectivity index (χ0n) is 10.6. The summed E-state index contributed by atoms with van der Waals surface area (Å²) >= 11 is 0. The maximum Gasteiger partial charge on any atom is 0.256 e. The number of rotatable bonds is 3.